The molecule has 0 aliphatic carbocycles. The van der Waals surface area contributed by atoms with Gasteiger partial charge in [-0.2, -0.15) is 0 Å². The molecule has 3 nitrogen and oxygen atoms in total. The van der Waals surface area contributed by atoms with E-state index in [-0.39, 0.29) is 18.2 Å². The third-order valence-electron chi connectivity index (χ3n) is 1.36. The van der Waals surface area contributed by atoms with Crippen LogP contribution in [0.1, 0.15) is 6.92 Å². The van der Waals surface area contributed by atoms with E-state index in [1.165, 1.54) is 0 Å². The summed E-state index contributed by atoms with van der Waals surface area (Å²) in [6, 6.07) is 0.0294. The van der Waals surface area contributed by atoms with E-state index in [1.54, 1.807) is 6.08 Å². The molecule has 1 fully saturated rings. The van der Waals surface area contributed by atoms with Crippen molar-refractivity contribution in [2.24, 2.45) is 0 Å². The van der Waals surface area contributed by atoms with E-state index < -0.39 is 0 Å². The first kappa shape index (κ1) is 6.90. The van der Waals surface area contributed by atoms with Crippen LogP contribution in [-0.2, 0) is 4.74 Å². The molecule has 1 aliphatic heterocycles. The quantitative estimate of drug-likeness (QED) is 0.546. The average Bonchev–Trinajstić information content (AvgIpc) is 2.13. The van der Waals surface area contributed by atoms with Gasteiger partial charge in [0.25, 0.3) is 0 Å². The van der Waals surface area contributed by atoms with Gasteiger partial charge in [0.1, 0.15) is 6.10 Å². The fourth-order valence-corrected chi connectivity index (χ4v) is 0.822. The maximum atomic E-state index is 10.5. The number of hydrogen-bond acceptors (Lipinski definition) is 2. The van der Waals surface area contributed by atoms with Gasteiger partial charge in [-0.05, 0) is 13.0 Å². The van der Waals surface area contributed by atoms with Crippen LogP contribution in [0.25, 0.3) is 0 Å². The highest BCUT2D eigenvalue weighted by molar-refractivity contribution is 5.70. The zero-order chi connectivity index (χ0) is 7.56. The largest absolute Gasteiger partial charge is 0.439 e. The molecule has 0 radical (unpaired) electrons. The SMILES string of the molecule is C=C=C[C@@H]1OC(=O)N[C@H]1C. The zero-order valence-corrected chi connectivity index (χ0v) is 5.76. The molecule has 0 unspecified atom stereocenters. The second-order valence-corrected chi connectivity index (χ2v) is 2.17. The van der Waals surface area contributed by atoms with E-state index in [1.807, 2.05) is 6.92 Å². The third-order valence-corrected chi connectivity index (χ3v) is 1.36. The second kappa shape index (κ2) is 2.58. The molecule has 1 amide bonds. The predicted octanol–water partition coefficient (Wildman–Crippen LogP) is 0.824. The fraction of sp³-hybridized carbons (Fsp3) is 0.429. The summed E-state index contributed by atoms with van der Waals surface area (Å²) in [6.45, 7) is 5.25. The third kappa shape index (κ3) is 1.20. The Bertz CT molecular complexity index is 194. The van der Waals surface area contributed by atoms with Gasteiger partial charge in [0, 0.05) is 0 Å². The summed E-state index contributed by atoms with van der Waals surface area (Å²) in [6.07, 6.45) is 1.05. The molecule has 3 heteroatoms. The highest BCUT2D eigenvalue weighted by atomic mass is 16.6. The monoisotopic (exact) mass is 139 g/mol. The van der Waals surface area contributed by atoms with E-state index >= 15 is 0 Å². The van der Waals surface area contributed by atoms with E-state index in [4.69, 9.17) is 4.74 Å². The van der Waals surface area contributed by atoms with Crippen LogP contribution in [0.15, 0.2) is 18.4 Å². The lowest BCUT2D eigenvalue weighted by Gasteiger charge is -2.03. The predicted molar refractivity (Wildman–Crippen MR) is 36.6 cm³/mol. The summed E-state index contributed by atoms with van der Waals surface area (Å²) >= 11 is 0. The van der Waals surface area contributed by atoms with Gasteiger partial charge < -0.3 is 10.1 Å². The Morgan fingerprint density at radius 2 is 2.60 bits per heavy atom. The number of nitrogens with one attached hydrogen (secondary N) is 1. The van der Waals surface area contributed by atoms with Crippen LogP contribution < -0.4 is 5.32 Å². The molecule has 0 aromatic rings. The topological polar surface area (TPSA) is 38.3 Å². The van der Waals surface area contributed by atoms with Gasteiger partial charge in [-0.25, -0.2) is 4.79 Å². The Kier molecular flexibility index (Phi) is 1.78. The lowest BCUT2D eigenvalue weighted by atomic mass is 10.2. The van der Waals surface area contributed by atoms with Crippen molar-refractivity contribution in [1.82, 2.24) is 5.32 Å². The van der Waals surface area contributed by atoms with Crippen LogP contribution in [0, 0.1) is 0 Å². The summed E-state index contributed by atoms with van der Waals surface area (Å²) in [7, 11) is 0. The minimum Gasteiger partial charge on any atom is -0.439 e. The molecule has 10 heavy (non-hydrogen) atoms. The molecule has 0 aromatic carbocycles. The molecule has 1 heterocycles. The minimum atomic E-state index is -0.371. The van der Waals surface area contributed by atoms with Crippen molar-refractivity contribution in [2.45, 2.75) is 19.1 Å². The number of carbonyl (C=O) groups excluding carboxylic acids is 1. The molecule has 1 aliphatic rings. The van der Waals surface area contributed by atoms with Crippen molar-refractivity contribution >= 4 is 6.09 Å². The molecule has 1 rings (SSSR count). The summed E-state index contributed by atoms with van der Waals surface area (Å²) in [4.78, 5) is 10.5. The molecule has 0 saturated carbocycles. The second-order valence-electron chi connectivity index (χ2n) is 2.17. The van der Waals surface area contributed by atoms with E-state index in [9.17, 15) is 4.79 Å². The van der Waals surface area contributed by atoms with Crippen LogP contribution in [0.2, 0.25) is 0 Å². The number of rotatable bonds is 1. The number of alkyl carbamates (subject to hydrolysis) is 1. The summed E-state index contributed by atoms with van der Waals surface area (Å²) in [5.41, 5.74) is 2.57. The van der Waals surface area contributed by atoms with Crippen molar-refractivity contribution < 1.29 is 9.53 Å². The maximum Gasteiger partial charge on any atom is 0.408 e. The van der Waals surface area contributed by atoms with Gasteiger partial charge in [0.2, 0.25) is 0 Å². The van der Waals surface area contributed by atoms with Crippen molar-refractivity contribution in [3.8, 4) is 0 Å². The van der Waals surface area contributed by atoms with Crippen LogP contribution in [0.3, 0.4) is 0 Å². The van der Waals surface area contributed by atoms with E-state index in [0.29, 0.717) is 0 Å². The molecule has 1 N–H and O–H groups in total. The van der Waals surface area contributed by atoms with Gasteiger partial charge in [0.05, 0.1) is 6.04 Å². The normalized spacial score (nSPS) is 30.3. The van der Waals surface area contributed by atoms with Crippen LogP contribution in [0.5, 0.6) is 0 Å². The van der Waals surface area contributed by atoms with Crippen molar-refractivity contribution in [3.63, 3.8) is 0 Å². The molecule has 0 aromatic heterocycles. The van der Waals surface area contributed by atoms with E-state index in [0.717, 1.165) is 0 Å². The molecule has 54 valence electrons. The first-order chi connectivity index (χ1) is 4.74. The molecule has 0 bridgehead atoms. The summed E-state index contributed by atoms with van der Waals surface area (Å²) in [5.74, 6) is 0. The first-order valence-electron chi connectivity index (χ1n) is 3.07. The van der Waals surface area contributed by atoms with Gasteiger partial charge in [-0.3, -0.25) is 0 Å². The average molecular weight is 139 g/mol. The van der Waals surface area contributed by atoms with E-state index in [2.05, 4.69) is 17.6 Å². The summed E-state index contributed by atoms with van der Waals surface area (Å²) in [5, 5.41) is 2.59. The van der Waals surface area contributed by atoms with Crippen molar-refractivity contribution in [1.29, 1.82) is 0 Å². The molecule has 2 atom stereocenters. The van der Waals surface area contributed by atoms with Gasteiger partial charge >= 0.3 is 6.09 Å². The number of carbonyl (C=O) groups is 1. The summed E-state index contributed by atoms with van der Waals surface area (Å²) < 4.78 is 4.81. The number of amides is 1. The Morgan fingerprint density at radius 1 is 1.90 bits per heavy atom. The Labute approximate surface area is 59.4 Å². The zero-order valence-electron chi connectivity index (χ0n) is 5.76. The molecule has 0 spiro atoms. The number of cyclic esters (lactones) is 1. The Morgan fingerprint density at radius 3 is 3.00 bits per heavy atom. The van der Waals surface area contributed by atoms with Crippen LogP contribution in [-0.4, -0.2) is 18.2 Å². The minimum absolute atomic E-state index is 0.0294. The van der Waals surface area contributed by atoms with Gasteiger partial charge in [-0.15, -0.1) is 5.73 Å². The standard InChI is InChI=1S/C7H9NO2/c1-3-4-6-5(2)8-7(9)10-6/h4-6H,1H2,2H3,(H,8,9)/t5-,6-/m0/s1. The molecule has 1 saturated heterocycles. The smallest absolute Gasteiger partial charge is 0.408 e. The molecular formula is C7H9NO2. The maximum absolute atomic E-state index is 10.5. The lowest BCUT2D eigenvalue weighted by molar-refractivity contribution is 0.154. The first-order valence-corrected chi connectivity index (χ1v) is 3.07. The van der Waals surface area contributed by atoms with Gasteiger partial charge in [-0.1, -0.05) is 6.58 Å². The van der Waals surface area contributed by atoms with Gasteiger partial charge in [0.15, 0.2) is 0 Å². The molecular weight excluding hydrogens is 130 g/mol. The van der Waals surface area contributed by atoms with Crippen LogP contribution >= 0.6 is 0 Å². The Hall–Kier alpha value is -1.21. The van der Waals surface area contributed by atoms with Crippen LogP contribution in [0.4, 0.5) is 4.79 Å². The lowest BCUT2D eigenvalue weighted by Crippen LogP contribution is -2.26. The Balaban J connectivity index is 2.62. The van der Waals surface area contributed by atoms with Crippen molar-refractivity contribution in [3.05, 3.63) is 18.4 Å². The number of ether oxygens (including phenoxy) is 1. The number of hydrogen-bond donors (Lipinski definition) is 1. The van der Waals surface area contributed by atoms with Crippen molar-refractivity contribution in [2.75, 3.05) is 0 Å². The highest BCUT2D eigenvalue weighted by Crippen LogP contribution is 2.08. The highest BCUT2D eigenvalue weighted by Gasteiger charge is 2.27. The fourth-order valence-electron chi connectivity index (χ4n) is 0.822.